The normalized spacial score (nSPS) is 27.1. The molecule has 1 aliphatic rings. The van der Waals surface area contributed by atoms with E-state index < -0.39 is 17.5 Å². The Bertz CT molecular complexity index is 437. The highest BCUT2D eigenvalue weighted by molar-refractivity contribution is 5.70. The Labute approximate surface area is 105 Å². The van der Waals surface area contributed by atoms with Gasteiger partial charge in [-0.2, -0.15) is 4.98 Å². The molecule has 2 heterocycles. The van der Waals surface area contributed by atoms with Gasteiger partial charge in [0, 0.05) is 12.5 Å². The lowest BCUT2D eigenvalue weighted by Gasteiger charge is -2.17. The Kier molecular flexibility index (Phi) is 3.38. The third kappa shape index (κ3) is 2.25. The van der Waals surface area contributed by atoms with Crippen LogP contribution in [0, 0.1) is 5.92 Å². The van der Waals surface area contributed by atoms with Crippen LogP contribution in [-0.4, -0.2) is 27.8 Å². The van der Waals surface area contributed by atoms with Crippen LogP contribution in [0.5, 0.6) is 0 Å². The van der Waals surface area contributed by atoms with Crippen molar-refractivity contribution < 1.29 is 19.2 Å². The summed E-state index contributed by atoms with van der Waals surface area (Å²) in [7, 11) is 0. The first-order valence-electron chi connectivity index (χ1n) is 6.15. The molecule has 0 aliphatic carbocycles. The van der Waals surface area contributed by atoms with Crippen LogP contribution in [0.4, 0.5) is 0 Å². The van der Waals surface area contributed by atoms with Crippen molar-refractivity contribution in [1.82, 2.24) is 10.1 Å². The molecule has 1 aromatic heterocycles. The average molecular weight is 254 g/mol. The number of aliphatic carboxylic acids is 1. The summed E-state index contributed by atoms with van der Waals surface area (Å²) < 4.78 is 10.8. The average Bonchev–Trinajstić information content (AvgIpc) is 2.96. The molecular weight excluding hydrogens is 236 g/mol. The predicted molar refractivity (Wildman–Crippen MR) is 62.1 cm³/mol. The van der Waals surface area contributed by atoms with Crippen molar-refractivity contribution in [3.8, 4) is 0 Å². The van der Waals surface area contributed by atoms with Gasteiger partial charge in [-0.25, -0.2) is 0 Å². The molecule has 1 N–H and O–H groups in total. The number of hydrogen-bond donors (Lipinski definition) is 1. The summed E-state index contributed by atoms with van der Waals surface area (Å²) in [6, 6.07) is 0. The molecule has 100 valence electrons. The fourth-order valence-electron chi connectivity index (χ4n) is 2.02. The zero-order valence-corrected chi connectivity index (χ0v) is 10.8. The van der Waals surface area contributed by atoms with Crippen LogP contribution in [0.1, 0.15) is 51.2 Å². The summed E-state index contributed by atoms with van der Waals surface area (Å²) in [6.07, 6.45) is 1.83. The Morgan fingerprint density at radius 1 is 1.50 bits per heavy atom. The maximum absolute atomic E-state index is 10.9. The molecule has 6 nitrogen and oxygen atoms in total. The molecule has 0 amide bonds. The van der Waals surface area contributed by atoms with E-state index in [1.165, 1.54) is 0 Å². The van der Waals surface area contributed by atoms with Gasteiger partial charge in [-0.05, 0) is 19.8 Å². The fraction of sp³-hybridized carbons (Fsp3) is 0.750. The van der Waals surface area contributed by atoms with E-state index in [9.17, 15) is 4.79 Å². The molecule has 18 heavy (non-hydrogen) atoms. The highest BCUT2D eigenvalue weighted by Gasteiger charge is 2.37. The second-order valence-corrected chi connectivity index (χ2v) is 5.05. The monoisotopic (exact) mass is 254 g/mol. The van der Waals surface area contributed by atoms with Gasteiger partial charge in [-0.1, -0.05) is 19.0 Å². The molecule has 1 saturated heterocycles. The lowest BCUT2D eigenvalue weighted by molar-refractivity contribution is -0.141. The summed E-state index contributed by atoms with van der Waals surface area (Å²) in [4.78, 5) is 15.2. The lowest BCUT2D eigenvalue weighted by atomic mass is 9.96. The second kappa shape index (κ2) is 4.68. The van der Waals surface area contributed by atoms with E-state index in [2.05, 4.69) is 10.1 Å². The maximum atomic E-state index is 10.9. The third-order valence-corrected chi connectivity index (χ3v) is 3.66. The van der Waals surface area contributed by atoms with Crippen LogP contribution in [0.15, 0.2) is 4.52 Å². The maximum Gasteiger partial charge on any atom is 0.307 e. The number of carboxylic acid groups (broad SMARTS) is 1. The number of hydrogen-bond acceptors (Lipinski definition) is 5. The number of ether oxygens (including phenoxy) is 1. The first-order chi connectivity index (χ1) is 8.44. The topological polar surface area (TPSA) is 85.5 Å². The standard InChI is InChI=1S/C12H18N2O4/c1-7(8(2)10(15)16)9-13-11(14-18-9)12(3)5-4-6-17-12/h7-8H,4-6H2,1-3H3,(H,15,16). The van der Waals surface area contributed by atoms with Gasteiger partial charge in [0.2, 0.25) is 11.7 Å². The number of rotatable bonds is 4. The van der Waals surface area contributed by atoms with Gasteiger partial charge in [-0.3, -0.25) is 4.79 Å². The lowest BCUT2D eigenvalue weighted by Crippen LogP contribution is -2.22. The van der Waals surface area contributed by atoms with Gasteiger partial charge >= 0.3 is 5.97 Å². The molecule has 6 heteroatoms. The predicted octanol–water partition coefficient (Wildman–Crippen LogP) is 1.92. The van der Waals surface area contributed by atoms with Crippen molar-refractivity contribution in [3.05, 3.63) is 11.7 Å². The van der Waals surface area contributed by atoms with Gasteiger partial charge in [0.05, 0.1) is 5.92 Å². The van der Waals surface area contributed by atoms with Crippen molar-refractivity contribution in [2.45, 2.75) is 45.1 Å². The van der Waals surface area contributed by atoms with Crippen molar-refractivity contribution in [2.24, 2.45) is 5.92 Å². The van der Waals surface area contributed by atoms with Crippen molar-refractivity contribution >= 4 is 5.97 Å². The van der Waals surface area contributed by atoms with Gasteiger partial charge in [-0.15, -0.1) is 0 Å². The summed E-state index contributed by atoms with van der Waals surface area (Å²) in [5.41, 5.74) is -0.492. The highest BCUT2D eigenvalue weighted by atomic mass is 16.5. The van der Waals surface area contributed by atoms with Gasteiger partial charge in [0.15, 0.2) is 0 Å². The number of carboxylic acids is 1. The number of carbonyl (C=O) groups is 1. The Balaban J connectivity index is 2.17. The van der Waals surface area contributed by atoms with Gasteiger partial charge < -0.3 is 14.4 Å². The van der Waals surface area contributed by atoms with E-state index in [0.717, 1.165) is 12.8 Å². The fourth-order valence-corrected chi connectivity index (χ4v) is 2.02. The Morgan fingerprint density at radius 2 is 2.22 bits per heavy atom. The van der Waals surface area contributed by atoms with Gasteiger partial charge in [0.1, 0.15) is 5.60 Å². The van der Waals surface area contributed by atoms with Crippen LogP contribution in [0.2, 0.25) is 0 Å². The van der Waals surface area contributed by atoms with Crippen LogP contribution in [0.3, 0.4) is 0 Å². The van der Waals surface area contributed by atoms with Crippen molar-refractivity contribution in [1.29, 1.82) is 0 Å². The summed E-state index contributed by atoms with van der Waals surface area (Å²) in [6.45, 7) is 6.03. The van der Waals surface area contributed by atoms with E-state index >= 15 is 0 Å². The SMILES string of the molecule is CC(C(=O)O)C(C)c1nc(C2(C)CCCO2)no1. The van der Waals surface area contributed by atoms with E-state index in [1.807, 2.05) is 6.92 Å². The minimum atomic E-state index is -0.870. The molecular formula is C12H18N2O4. The quantitative estimate of drug-likeness (QED) is 0.883. The zero-order chi connectivity index (χ0) is 13.3. The molecule has 3 unspecified atom stereocenters. The van der Waals surface area contributed by atoms with E-state index in [0.29, 0.717) is 18.3 Å². The molecule has 0 aromatic carbocycles. The number of nitrogens with zero attached hydrogens (tertiary/aromatic N) is 2. The summed E-state index contributed by atoms with van der Waals surface area (Å²) in [5, 5.41) is 12.9. The first-order valence-corrected chi connectivity index (χ1v) is 6.15. The minimum absolute atomic E-state index is 0.311. The highest BCUT2D eigenvalue weighted by Crippen LogP contribution is 2.34. The molecule has 1 aliphatic heterocycles. The molecule has 0 radical (unpaired) electrons. The largest absolute Gasteiger partial charge is 0.481 e. The summed E-state index contributed by atoms with van der Waals surface area (Å²) >= 11 is 0. The summed E-state index contributed by atoms with van der Waals surface area (Å²) in [5.74, 6) is -0.869. The smallest absolute Gasteiger partial charge is 0.307 e. The first kappa shape index (κ1) is 13.0. The molecule has 3 atom stereocenters. The van der Waals surface area contributed by atoms with Crippen molar-refractivity contribution in [3.63, 3.8) is 0 Å². The molecule has 0 spiro atoms. The van der Waals surface area contributed by atoms with Crippen LogP contribution in [0.25, 0.3) is 0 Å². The van der Waals surface area contributed by atoms with E-state index in [1.54, 1.807) is 13.8 Å². The second-order valence-electron chi connectivity index (χ2n) is 5.05. The molecule has 1 fully saturated rings. The molecule has 0 bridgehead atoms. The van der Waals surface area contributed by atoms with Crippen molar-refractivity contribution in [2.75, 3.05) is 6.61 Å². The molecule has 1 aromatic rings. The van der Waals surface area contributed by atoms with Crippen LogP contribution >= 0.6 is 0 Å². The Hall–Kier alpha value is -1.43. The Morgan fingerprint density at radius 3 is 2.78 bits per heavy atom. The van der Waals surface area contributed by atoms with Crippen LogP contribution < -0.4 is 0 Å². The van der Waals surface area contributed by atoms with Crippen LogP contribution in [-0.2, 0) is 15.1 Å². The molecule has 2 rings (SSSR count). The minimum Gasteiger partial charge on any atom is -0.481 e. The number of aromatic nitrogens is 2. The zero-order valence-electron chi connectivity index (χ0n) is 10.8. The molecule has 0 saturated carbocycles. The van der Waals surface area contributed by atoms with E-state index in [-0.39, 0.29) is 5.92 Å². The van der Waals surface area contributed by atoms with Gasteiger partial charge in [0.25, 0.3) is 0 Å². The third-order valence-electron chi connectivity index (χ3n) is 3.66. The van der Waals surface area contributed by atoms with E-state index in [4.69, 9.17) is 14.4 Å².